The van der Waals surface area contributed by atoms with Gasteiger partial charge in [0.05, 0.1) is 44.7 Å². The van der Waals surface area contributed by atoms with Gasteiger partial charge in [-0.25, -0.2) is 4.79 Å². The number of unbranched alkanes of at least 4 members (excludes halogenated alkanes) is 19. The highest BCUT2D eigenvalue weighted by Crippen LogP contribution is 2.62. The van der Waals surface area contributed by atoms with E-state index in [-0.39, 0.29) is 76.3 Å². The van der Waals surface area contributed by atoms with Crippen LogP contribution in [-0.4, -0.2) is 115 Å². The van der Waals surface area contributed by atoms with Crippen LogP contribution in [0.15, 0.2) is 47.7 Å². The summed E-state index contributed by atoms with van der Waals surface area (Å²) in [4.78, 5) is 36.8. The first-order valence-electron chi connectivity index (χ1n) is 30.1. The van der Waals surface area contributed by atoms with Crippen LogP contribution < -0.4 is 14.8 Å². The molecular formula is C61H101N3O11. The van der Waals surface area contributed by atoms with Gasteiger partial charge in [0.2, 0.25) is 18.0 Å². The number of aliphatic hydroxyl groups is 3. The molecule has 7 atom stereocenters. The predicted octanol–water partition coefficient (Wildman–Crippen LogP) is 12.6. The van der Waals surface area contributed by atoms with Crippen LogP contribution in [0.4, 0.5) is 4.79 Å². The van der Waals surface area contributed by atoms with Crippen LogP contribution >= 0.6 is 0 Å². The molecule has 2 aliphatic heterocycles. The highest BCUT2D eigenvalue weighted by atomic mass is 16.8. The number of ether oxygens (including phenoxy) is 5. The van der Waals surface area contributed by atoms with Crippen molar-refractivity contribution in [3.63, 3.8) is 0 Å². The number of aliphatic hydroxyl groups excluding tert-OH is 3. The highest BCUT2D eigenvalue weighted by molar-refractivity contribution is 6.03. The first-order valence-corrected chi connectivity index (χ1v) is 30.1. The van der Waals surface area contributed by atoms with Gasteiger partial charge in [-0.2, -0.15) is 0 Å². The number of oxime groups is 1. The average Bonchev–Trinajstić information content (AvgIpc) is 3.43. The van der Waals surface area contributed by atoms with Crippen molar-refractivity contribution < 1.29 is 53.4 Å². The summed E-state index contributed by atoms with van der Waals surface area (Å²) in [5.41, 5.74) is 2.50. The Labute approximate surface area is 452 Å². The second-order valence-electron chi connectivity index (χ2n) is 21.7. The number of carbonyl (C=O) groups excluding carboxylic acids is 2. The molecule has 4 aliphatic rings. The van der Waals surface area contributed by atoms with E-state index in [9.17, 15) is 20.1 Å². The second-order valence-corrected chi connectivity index (χ2v) is 21.7. The van der Waals surface area contributed by atoms with Crippen molar-refractivity contribution in [2.45, 2.75) is 231 Å². The zero-order valence-electron chi connectivity index (χ0n) is 46.6. The van der Waals surface area contributed by atoms with E-state index in [1.165, 1.54) is 77.0 Å². The third-order valence-electron chi connectivity index (χ3n) is 16.0. The quantitative estimate of drug-likeness (QED) is 0.0279. The lowest BCUT2D eigenvalue weighted by atomic mass is 9.55. The lowest BCUT2D eigenvalue weighted by Crippen LogP contribution is -2.70. The monoisotopic (exact) mass is 1050 g/mol. The Morgan fingerprint density at radius 3 is 2.12 bits per heavy atom. The normalized spacial score (nSPS) is 23.4. The maximum Gasteiger partial charge on any atom is 0.412 e. The van der Waals surface area contributed by atoms with E-state index >= 15 is 4.79 Å². The molecule has 7 unspecified atom stereocenters. The number of benzene rings is 1. The number of carbonyl (C=O) groups is 2. The number of allylic oxidation sites excluding steroid dienone is 1. The maximum absolute atomic E-state index is 15.1. The standard InChI is InChI=1S/C61H101N3O11/c1-4-7-9-11-13-15-17-19-21-26-36-62-60(69)73-49-34-35-54-52(46-49)58-50(31-24-28-39-66)48(30-23-27-38-65)45-51-53(63-75-57-33-25-29-42-71-57)47-55(61(74-54,59(51)58)72-41-6-3)64(37-43-70-44-40-67)56(68)32-22-20-18-16-14-12-10-8-5-2/h6,34-35,45-46,48,50,55,57-59,65-67H,3-5,7-33,36-44,47H2,1-2H3,(H,62,69). The van der Waals surface area contributed by atoms with Gasteiger partial charge in [-0.05, 0) is 87.0 Å². The van der Waals surface area contributed by atoms with E-state index in [2.05, 4.69) is 31.8 Å². The summed E-state index contributed by atoms with van der Waals surface area (Å²) in [6.07, 6.45) is 33.0. The molecule has 2 heterocycles. The molecule has 0 radical (unpaired) electrons. The summed E-state index contributed by atoms with van der Waals surface area (Å²) >= 11 is 0. The van der Waals surface area contributed by atoms with Gasteiger partial charge in [-0.1, -0.05) is 153 Å². The number of nitrogens with one attached hydrogen (secondary N) is 1. The van der Waals surface area contributed by atoms with E-state index in [1.54, 1.807) is 12.1 Å². The molecule has 0 spiro atoms. The number of hydrogen-bond donors (Lipinski definition) is 4. The largest absolute Gasteiger partial charge is 0.459 e. The molecule has 5 rings (SSSR count). The fourth-order valence-corrected chi connectivity index (χ4v) is 12.1. The van der Waals surface area contributed by atoms with Gasteiger partial charge >= 0.3 is 6.09 Å². The zero-order valence-corrected chi connectivity index (χ0v) is 46.6. The van der Waals surface area contributed by atoms with Crippen LogP contribution in [0.5, 0.6) is 11.5 Å². The SMILES string of the molecule is C=CCOC12Oc3ccc(OC(=O)NCCCCCCCCCCCC)cc3C3C(CCCCO)C(CCCCO)C=C(C(=NOC4CCCCO4)CC1N(CCOCCO)C(=O)CCCCCCCCCCC)C32. The van der Waals surface area contributed by atoms with Crippen molar-refractivity contribution >= 4 is 17.7 Å². The molecule has 2 aliphatic carbocycles. The van der Waals surface area contributed by atoms with E-state index in [4.69, 9.17) is 33.7 Å². The highest BCUT2D eigenvalue weighted by Gasteiger charge is 2.65. The zero-order chi connectivity index (χ0) is 53.4. The average molecular weight is 1050 g/mol. The molecule has 2 fully saturated rings. The third kappa shape index (κ3) is 20.0. The third-order valence-corrected chi connectivity index (χ3v) is 16.0. The predicted molar refractivity (Wildman–Crippen MR) is 297 cm³/mol. The molecule has 1 aromatic carbocycles. The van der Waals surface area contributed by atoms with Crippen molar-refractivity contribution in [2.24, 2.45) is 22.9 Å². The van der Waals surface area contributed by atoms with Crippen LogP contribution in [0.1, 0.15) is 218 Å². The van der Waals surface area contributed by atoms with Crippen molar-refractivity contribution in [3.8, 4) is 11.5 Å². The fraction of sp³-hybridized carbons (Fsp3) is 0.787. The fourth-order valence-electron chi connectivity index (χ4n) is 12.1. The molecule has 0 bridgehead atoms. The summed E-state index contributed by atoms with van der Waals surface area (Å²) in [5, 5.41) is 37.9. The van der Waals surface area contributed by atoms with Crippen molar-refractivity contribution in [1.29, 1.82) is 0 Å². The maximum atomic E-state index is 15.1. The Kier molecular flexibility index (Phi) is 30.4. The van der Waals surface area contributed by atoms with Gasteiger partial charge in [-0.15, -0.1) is 6.58 Å². The molecule has 14 nitrogen and oxygen atoms in total. The topological polar surface area (TPSA) is 178 Å². The van der Waals surface area contributed by atoms with Crippen LogP contribution in [0.25, 0.3) is 0 Å². The number of hydrogen-bond acceptors (Lipinski definition) is 12. The lowest BCUT2D eigenvalue weighted by molar-refractivity contribution is -0.258. The smallest absolute Gasteiger partial charge is 0.412 e. The molecule has 75 heavy (non-hydrogen) atoms. The van der Waals surface area contributed by atoms with E-state index in [0.29, 0.717) is 56.0 Å². The van der Waals surface area contributed by atoms with Crippen LogP contribution in [0, 0.1) is 17.8 Å². The first-order chi connectivity index (χ1) is 36.8. The molecule has 1 aromatic rings. The number of rotatable bonds is 41. The molecule has 426 valence electrons. The minimum Gasteiger partial charge on any atom is -0.459 e. The van der Waals surface area contributed by atoms with Crippen LogP contribution in [0.2, 0.25) is 0 Å². The summed E-state index contributed by atoms with van der Waals surface area (Å²) in [6, 6.07) is 4.90. The van der Waals surface area contributed by atoms with Gasteiger partial charge in [0.25, 0.3) is 0 Å². The molecule has 1 saturated carbocycles. The van der Waals surface area contributed by atoms with Crippen molar-refractivity contribution in [1.82, 2.24) is 10.2 Å². The van der Waals surface area contributed by atoms with E-state index in [0.717, 1.165) is 94.6 Å². The summed E-state index contributed by atoms with van der Waals surface area (Å²) in [5.74, 6) is -1.26. The second kappa shape index (κ2) is 36.5. The van der Waals surface area contributed by atoms with E-state index in [1.807, 2.05) is 17.0 Å². The summed E-state index contributed by atoms with van der Waals surface area (Å²) in [7, 11) is 0. The Morgan fingerprint density at radius 2 is 1.48 bits per heavy atom. The first kappa shape index (κ1) is 62.3. The van der Waals surface area contributed by atoms with Crippen molar-refractivity contribution in [2.75, 3.05) is 59.3 Å². The molecule has 1 saturated heterocycles. The Hall–Kier alpha value is -3.53. The van der Waals surface area contributed by atoms with Crippen LogP contribution in [-0.2, 0) is 23.8 Å². The van der Waals surface area contributed by atoms with Crippen LogP contribution in [0.3, 0.4) is 0 Å². The lowest BCUT2D eigenvalue weighted by Gasteiger charge is -2.60. The van der Waals surface area contributed by atoms with Gasteiger partial charge in [-0.3, -0.25) is 4.79 Å². The Bertz CT molecular complexity index is 1820. The molecule has 14 heteroatoms. The van der Waals surface area contributed by atoms with E-state index < -0.39 is 30.1 Å². The molecule has 4 N–H and O–H groups in total. The summed E-state index contributed by atoms with van der Waals surface area (Å²) in [6.45, 7) is 10.4. The number of fused-ring (bicyclic) bond motifs is 2. The van der Waals surface area contributed by atoms with Crippen molar-refractivity contribution in [3.05, 3.63) is 48.1 Å². The van der Waals surface area contributed by atoms with Gasteiger partial charge in [0, 0.05) is 57.0 Å². The molecule has 2 amide bonds. The van der Waals surface area contributed by atoms with Gasteiger partial charge < -0.3 is 54.1 Å². The number of nitrogens with zero attached hydrogens (tertiary/aromatic N) is 2. The molecule has 0 aromatic heterocycles. The van der Waals surface area contributed by atoms with Gasteiger partial charge in [0.1, 0.15) is 17.5 Å². The Morgan fingerprint density at radius 1 is 0.813 bits per heavy atom. The Balaban J connectivity index is 1.54. The summed E-state index contributed by atoms with van der Waals surface area (Å²) < 4.78 is 32.7. The van der Waals surface area contributed by atoms with Gasteiger partial charge in [0.15, 0.2) is 0 Å². The minimum atomic E-state index is -1.44. The minimum absolute atomic E-state index is 0.000346. The molecular weight excluding hydrogens is 951 g/mol. The number of amides is 2.